The molecule has 0 aromatic rings. The molecule has 8 nitrogen and oxygen atoms in total. The van der Waals surface area contributed by atoms with Crippen LogP contribution >= 0.6 is 0 Å². The number of nitrogens with two attached hydrogens (primary N) is 1. The Balaban J connectivity index is 2.34. The van der Waals surface area contributed by atoms with Crippen molar-refractivity contribution >= 4 is 23.6 Å². The maximum atomic E-state index is 13.4. The van der Waals surface area contributed by atoms with Gasteiger partial charge < -0.3 is 21.3 Å². The number of likely N-dealkylation sites (tertiary alicyclic amines) is 1. The Morgan fingerprint density at radius 2 is 1.59 bits per heavy atom. The van der Waals surface area contributed by atoms with Gasteiger partial charge in [0.15, 0.2) is 0 Å². The number of carbonyl (C=O) groups excluding carboxylic acids is 4. The summed E-state index contributed by atoms with van der Waals surface area (Å²) >= 11 is 0. The Morgan fingerprint density at radius 1 is 1.06 bits per heavy atom. The molecule has 0 radical (unpaired) electrons. The highest BCUT2D eigenvalue weighted by atomic mass is 19.4. The van der Waals surface area contributed by atoms with Crippen molar-refractivity contribution in [1.82, 2.24) is 15.5 Å². The van der Waals surface area contributed by atoms with E-state index in [1.165, 1.54) is 25.7 Å². The third kappa shape index (κ3) is 4.85. The molecule has 182 valence electrons. The van der Waals surface area contributed by atoms with Crippen LogP contribution in [0.2, 0.25) is 0 Å². The van der Waals surface area contributed by atoms with Crippen LogP contribution in [0.5, 0.6) is 0 Å². The second kappa shape index (κ2) is 8.22. The van der Waals surface area contributed by atoms with Gasteiger partial charge in [-0.05, 0) is 28.6 Å². The van der Waals surface area contributed by atoms with Gasteiger partial charge in [-0.3, -0.25) is 19.2 Å². The van der Waals surface area contributed by atoms with Crippen molar-refractivity contribution in [1.29, 1.82) is 0 Å². The Bertz CT molecular complexity index is 804. The SMILES string of the molecule is CC(C)[C@H](NC(=O)[C@@H]1[C@@H]2[C@H](CN1C(=O)[C@@H](NC(=O)C(F)(F)F)C(C)(C)C)C2(C)C)C(N)=O. The molecule has 2 rings (SSSR count). The number of nitrogens with zero attached hydrogens (tertiary/aromatic N) is 1. The molecule has 32 heavy (non-hydrogen) atoms. The lowest BCUT2D eigenvalue weighted by Crippen LogP contribution is -2.61. The molecule has 1 aliphatic heterocycles. The summed E-state index contributed by atoms with van der Waals surface area (Å²) in [4.78, 5) is 51.1. The predicted octanol–water partition coefficient (Wildman–Crippen LogP) is 1.19. The van der Waals surface area contributed by atoms with Crippen LogP contribution < -0.4 is 16.4 Å². The Morgan fingerprint density at radius 3 is 2.00 bits per heavy atom. The molecule has 4 amide bonds. The number of alkyl halides is 3. The third-order valence-corrected chi connectivity index (χ3v) is 6.68. The van der Waals surface area contributed by atoms with Gasteiger partial charge in [0.05, 0.1) is 0 Å². The van der Waals surface area contributed by atoms with E-state index in [-0.39, 0.29) is 29.7 Å². The lowest BCUT2D eigenvalue weighted by molar-refractivity contribution is -0.176. The van der Waals surface area contributed by atoms with Gasteiger partial charge in [-0.25, -0.2) is 0 Å². The number of primary amides is 1. The van der Waals surface area contributed by atoms with E-state index in [0.29, 0.717) is 0 Å². The fraction of sp³-hybridized carbons (Fsp3) is 0.810. The summed E-state index contributed by atoms with van der Waals surface area (Å²) in [6.07, 6.45) is -5.15. The molecule has 1 aliphatic carbocycles. The van der Waals surface area contributed by atoms with Gasteiger partial charge in [-0.15, -0.1) is 0 Å². The van der Waals surface area contributed by atoms with E-state index in [4.69, 9.17) is 5.73 Å². The average molecular weight is 463 g/mol. The smallest absolute Gasteiger partial charge is 0.368 e. The molecule has 5 atom stereocenters. The summed E-state index contributed by atoms with van der Waals surface area (Å²) < 4.78 is 38.6. The van der Waals surface area contributed by atoms with Gasteiger partial charge in [0, 0.05) is 6.54 Å². The largest absolute Gasteiger partial charge is 0.471 e. The van der Waals surface area contributed by atoms with Crippen molar-refractivity contribution in [2.75, 3.05) is 6.54 Å². The van der Waals surface area contributed by atoms with Crippen LogP contribution in [0.4, 0.5) is 13.2 Å². The van der Waals surface area contributed by atoms with Crippen molar-refractivity contribution in [2.24, 2.45) is 34.3 Å². The first-order chi connectivity index (χ1) is 14.3. The van der Waals surface area contributed by atoms with Crippen molar-refractivity contribution in [3.8, 4) is 0 Å². The van der Waals surface area contributed by atoms with Gasteiger partial charge in [0.2, 0.25) is 17.7 Å². The topological polar surface area (TPSA) is 122 Å². The normalized spacial score (nSPS) is 26.2. The van der Waals surface area contributed by atoms with Crippen molar-refractivity contribution < 1.29 is 32.3 Å². The van der Waals surface area contributed by atoms with Crippen molar-refractivity contribution in [3.63, 3.8) is 0 Å². The highest BCUT2D eigenvalue weighted by molar-refractivity contribution is 5.96. The fourth-order valence-electron chi connectivity index (χ4n) is 4.65. The number of hydrogen-bond acceptors (Lipinski definition) is 4. The number of fused-ring (bicyclic) bond motifs is 1. The van der Waals surface area contributed by atoms with E-state index in [9.17, 15) is 32.3 Å². The van der Waals surface area contributed by atoms with Gasteiger partial charge in [-0.1, -0.05) is 48.5 Å². The fourth-order valence-corrected chi connectivity index (χ4v) is 4.65. The number of halogens is 3. The van der Waals surface area contributed by atoms with E-state index in [0.717, 1.165) is 0 Å². The molecule has 2 fully saturated rings. The summed E-state index contributed by atoms with van der Waals surface area (Å²) in [5, 5.41) is 4.41. The van der Waals surface area contributed by atoms with Crippen molar-refractivity contribution in [2.45, 2.75) is 72.8 Å². The lowest BCUT2D eigenvalue weighted by atomic mass is 9.85. The van der Waals surface area contributed by atoms with E-state index in [1.54, 1.807) is 19.2 Å². The van der Waals surface area contributed by atoms with Crippen LogP contribution in [0.1, 0.15) is 48.5 Å². The molecular weight excluding hydrogens is 429 g/mol. The van der Waals surface area contributed by atoms with Crippen LogP contribution in [-0.4, -0.2) is 59.4 Å². The monoisotopic (exact) mass is 462 g/mol. The molecule has 0 spiro atoms. The maximum Gasteiger partial charge on any atom is 0.471 e. The Kier molecular flexibility index (Phi) is 6.66. The summed E-state index contributed by atoms with van der Waals surface area (Å²) in [7, 11) is 0. The predicted molar refractivity (Wildman–Crippen MR) is 110 cm³/mol. The first kappa shape index (κ1) is 25.9. The number of amides is 4. The van der Waals surface area contributed by atoms with Crippen LogP contribution in [-0.2, 0) is 19.2 Å². The van der Waals surface area contributed by atoms with Crippen LogP contribution in [0.15, 0.2) is 0 Å². The first-order valence-corrected chi connectivity index (χ1v) is 10.6. The van der Waals surface area contributed by atoms with Gasteiger partial charge >= 0.3 is 12.1 Å². The summed E-state index contributed by atoms with van der Waals surface area (Å²) in [5.41, 5.74) is 4.10. The summed E-state index contributed by atoms with van der Waals surface area (Å²) in [6.45, 7) is 12.1. The van der Waals surface area contributed by atoms with E-state index in [1.807, 2.05) is 13.8 Å². The number of hydrogen-bond donors (Lipinski definition) is 3. The number of carbonyl (C=O) groups is 4. The van der Waals surface area contributed by atoms with E-state index in [2.05, 4.69) is 5.32 Å². The van der Waals surface area contributed by atoms with Gasteiger partial charge in [-0.2, -0.15) is 13.2 Å². The molecule has 1 heterocycles. The zero-order valence-electron chi connectivity index (χ0n) is 19.5. The maximum absolute atomic E-state index is 13.4. The first-order valence-electron chi connectivity index (χ1n) is 10.6. The van der Waals surface area contributed by atoms with Crippen LogP contribution in [0, 0.1) is 28.6 Å². The minimum absolute atomic E-state index is 0.0211. The number of rotatable bonds is 6. The minimum Gasteiger partial charge on any atom is -0.368 e. The minimum atomic E-state index is -5.15. The highest BCUT2D eigenvalue weighted by Crippen LogP contribution is 2.65. The van der Waals surface area contributed by atoms with Gasteiger partial charge in [0.1, 0.15) is 18.1 Å². The van der Waals surface area contributed by atoms with E-state index >= 15 is 0 Å². The quantitative estimate of drug-likeness (QED) is 0.549. The second-order valence-corrected chi connectivity index (χ2v) is 10.8. The number of nitrogens with one attached hydrogen (secondary N) is 2. The van der Waals surface area contributed by atoms with Gasteiger partial charge in [0.25, 0.3) is 0 Å². The van der Waals surface area contributed by atoms with Crippen LogP contribution in [0.3, 0.4) is 0 Å². The molecule has 11 heteroatoms. The Hall–Kier alpha value is -2.33. The van der Waals surface area contributed by atoms with E-state index < -0.39 is 53.3 Å². The Labute approximate surface area is 185 Å². The number of piperidine rings is 1. The zero-order valence-corrected chi connectivity index (χ0v) is 19.5. The standard InChI is InChI=1S/C21H33F3N4O4/c1-9(2)12(15(25)29)26-16(30)13-11-10(20(11,6)7)8-28(13)17(31)14(19(3,4)5)27-18(32)21(22,23)24/h9-14H,8H2,1-7H3,(H2,25,29)(H,26,30)(H,27,32)/t10-,11-,12-,13-,14+/m0/s1. The van der Waals surface area contributed by atoms with Crippen molar-refractivity contribution in [3.05, 3.63) is 0 Å². The zero-order chi connectivity index (χ0) is 25.0. The molecule has 0 bridgehead atoms. The molecule has 2 aliphatic rings. The highest BCUT2D eigenvalue weighted by Gasteiger charge is 2.70. The molecular formula is C21H33F3N4O4. The molecule has 0 aromatic heterocycles. The third-order valence-electron chi connectivity index (χ3n) is 6.68. The lowest BCUT2D eigenvalue weighted by Gasteiger charge is -2.38. The van der Waals surface area contributed by atoms with Crippen LogP contribution in [0.25, 0.3) is 0 Å². The second-order valence-electron chi connectivity index (χ2n) is 10.8. The molecule has 4 N–H and O–H groups in total. The molecule has 0 aromatic carbocycles. The summed E-state index contributed by atoms with van der Waals surface area (Å²) in [6, 6.07) is -3.43. The molecule has 1 saturated heterocycles. The molecule has 0 unspecified atom stereocenters. The average Bonchev–Trinajstić information content (AvgIpc) is 2.97. The molecule has 1 saturated carbocycles. The summed E-state index contributed by atoms with van der Waals surface area (Å²) in [5.74, 6) is -4.82.